The summed E-state index contributed by atoms with van der Waals surface area (Å²) in [5.41, 5.74) is 0. The fourth-order valence-electron chi connectivity index (χ4n) is 3.00. The van der Waals surface area contributed by atoms with Crippen LogP contribution in [0.2, 0.25) is 0 Å². The van der Waals surface area contributed by atoms with Gasteiger partial charge in [0.25, 0.3) is 0 Å². The number of nitrogens with zero attached hydrogens (tertiary/aromatic N) is 1. The largest absolute Gasteiger partial charge is 0.313 e. The van der Waals surface area contributed by atoms with Crippen LogP contribution < -0.4 is 5.32 Å². The molecule has 2 fully saturated rings. The van der Waals surface area contributed by atoms with E-state index in [1.165, 1.54) is 58.2 Å². The molecule has 1 saturated carbocycles. The average Bonchev–Trinajstić information content (AvgIpc) is 2.86. The van der Waals surface area contributed by atoms with Gasteiger partial charge in [-0.1, -0.05) is 19.8 Å². The average molecular weight is 196 g/mol. The minimum Gasteiger partial charge on any atom is -0.313 e. The van der Waals surface area contributed by atoms with E-state index in [4.69, 9.17) is 0 Å². The van der Waals surface area contributed by atoms with E-state index in [2.05, 4.69) is 17.1 Å². The monoisotopic (exact) mass is 196 g/mol. The van der Waals surface area contributed by atoms with Crippen LogP contribution in [0.3, 0.4) is 0 Å². The molecule has 1 aliphatic carbocycles. The van der Waals surface area contributed by atoms with Crippen molar-refractivity contribution in [3.63, 3.8) is 0 Å². The van der Waals surface area contributed by atoms with E-state index in [-0.39, 0.29) is 0 Å². The smallest absolute Gasteiger partial charge is 0.0195 e. The Morgan fingerprint density at radius 2 is 1.93 bits per heavy atom. The summed E-state index contributed by atoms with van der Waals surface area (Å²) in [7, 11) is 0. The molecule has 2 aliphatic rings. The molecule has 2 nitrogen and oxygen atoms in total. The second kappa shape index (κ2) is 5.13. The van der Waals surface area contributed by atoms with E-state index in [0.29, 0.717) is 0 Å². The lowest BCUT2D eigenvalue weighted by Gasteiger charge is -2.30. The van der Waals surface area contributed by atoms with Crippen molar-refractivity contribution in [3.8, 4) is 0 Å². The molecule has 2 heteroatoms. The Labute approximate surface area is 88.1 Å². The number of likely N-dealkylation sites (N-methyl/N-ethyl adjacent to an activating group) is 1. The van der Waals surface area contributed by atoms with Gasteiger partial charge < -0.3 is 5.32 Å². The predicted molar refractivity (Wildman–Crippen MR) is 60.5 cm³/mol. The molecule has 0 aromatic carbocycles. The number of nitrogens with one attached hydrogen (secondary N) is 1. The molecule has 1 heterocycles. The maximum atomic E-state index is 3.60. The van der Waals surface area contributed by atoms with Gasteiger partial charge in [0.2, 0.25) is 0 Å². The van der Waals surface area contributed by atoms with Crippen LogP contribution in [0.4, 0.5) is 0 Å². The van der Waals surface area contributed by atoms with Gasteiger partial charge in [0.1, 0.15) is 0 Å². The SMILES string of the molecule is CCN(C[C@@H]1CCCN1)C1CCCC1. The van der Waals surface area contributed by atoms with Crippen LogP contribution in [0.1, 0.15) is 45.4 Å². The minimum absolute atomic E-state index is 0.788. The Bertz CT molecular complexity index is 158. The molecule has 1 aliphatic heterocycles. The molecule has 0 aromatic rings. The van der Waals surface area contributed by atoms with E-state index in [1.54, 1.807) is 0 Å². The Balaban J connectivity index is 1.79. The summed E-state index contributed by atoms with van der Waals surface area (Å²) in [6.45, 7) is 6.09. The lowest BCUT2D eigenvalue weighted by atomic mass is 10.1. The summed E-state index contributed by atoms with van der Waals surface area (Å²) in [5.74, 6) is 0. The van der Waals surface area contributed by atoms with Crippen molar-refractivity contribution in [1.29, 1.82) is 0 Å². The van der Waals surface area contributed by atoms with Gasteiger partial charge in [-0.2, -0.15) is 0 Å². The predicted octanol–water partition coefficient (Wildman–Crippen LogP) is 2.00. The Morgan fingerprint density at radius 1 is 1.14 bits per heavy atom. The van der Waals surface area contributed by atoms with Gasteiger partial charge >= 0.3 is 0 Å². The highest BCUT2D eigenvalue weighted by Crippen LogP contribution is 2.24. The lowest BCUT2D eigenvalue weighted by molar-refractivity contribution is 0.191. The standard InChI is InChI=1S/C12H24N2/c1-2-14(12-7-3-4-8-12)10-11-6-5-9-13-11/h11-13H,2-10H2,1H3/t11-/m0/s1. The zero-order valence-electron chi connectivity index (χ0n) is 9.47. The van der Waals surface area contributed by atoms with Gasteiger partial charge in [-0.05, 0) is 38.8 Å². The third kappa shape index (κ3) is 2.48. The highest BCUT2D eigenvalue weighted by molar-refractivity contribution is 4.83. The molecule has 0 spiro atoms. The zero-order valence-corrected chi connectivity index (χ0v) is 9.47. The van der Waals surface area contributed by atoms with Gasteiger partial charge in [-0.3, -0.25) is 4.90 Å². The van der Waals surface area contributed by atoms with Crippen molar-refractivity contribution in [2.45, 2.75) is 57.5 Å². The normalized spacial score (nSPS) is 29.1. The number of hydrogen-bond donors (Lipinski definition) is 1. The molecule has 82 valence electrons. The molecule has 1 saturated heterocycles. The highest BCUT2D eigenvalue weighted by Gasteiger charge is 2.24. The first kappa shape index (κ1) is 10.4. The molecule has 0 bridgehead atoms. The minimum atomic E-state index is 0.788. The van der Waals surface area contributed by atoms with Crippen LogP contribution in [0, 0.1) is 0 Å². The van der Waals surface area contributed by atoms with Crippen molar-refractivity contribution >= 4 is 0 Å². The lowest BCUT2D eigenvalue weighted by Crippen LogP contribution is -2.42. The maximum absolute atomic E-state index is 3.60. The first-order chi connectivity index (χ1) is 6.90. The number of rotatable bonds is 4. The van der Waals surface area contributed by atoms with Gasteiger partial charge in [-0.15, -0.1) is 0 Å². The Hall–Kier alpha value is -0.0800. The molecule has 14 heavy (non-hydrogen) atoms. The molecular formula is C12H24N2. The second-order valence-electron chi connectivity index (χ2n) is 4.82. The van der Waals surface area contributed by atoms with E-state index in [9.17, 15) is 0 Å². The van der Waals surface area contributed by atoms with Crippen LogP contribution in [-0.2, 0) is 0 Å². The summed E-state index contributed by atoms with van der Waals surface area (Å²) in [6.07, 6.45) is 8.58. The van der Waals surface area contributed by atoms with Crippen molar-refractivity contribution in [2.24, 2.45) is 0 Å². The molecular weight excluding hydrogens is 172 g/mol. The van der Waals surface area contributed by atoms with E-state index >= 15 is 0 Å². The van der Waals surface area contributed by atoms with Crippen LogP contribution in [0.5, 0.6) is 0 Å². The van der Waals surface area contributed by atoms with E-state index in [1.807, 2.05) is 0 Å². The van der Waals surface area contributed by atoms with Gasteiger partial charge in [0, 0.05) is 18.6 Å². The molecule has 2 rings (SSSR count). The molecule has 0 unspecified atom stereocenters. The quantitative estimate of drug-likeness (QED) is 0.740. The maximum Gasteiger partial charge on any atom is 0.0195 e. The van der Waals surface area contributed by atoms with E-state index in [0.717, 1.165) is 12.1 Å². The van der Waals surface area contributed by atoms with Gasteiger partial charge in [0.05, 0.1) is 0 Å². The summed E-state index contributed by atoms with van der Waals surface area (Å²) < 4.78 is 0. The summed E-state index contributed by atoms with van der Waals surface area (Å²) in [4.78, 5) is 2.70. The van der Waals surface area contributed by atoms with E-state index < -0.39 is 0 Å². The van der Waals surface area contributed by atoms with Crippen molar-refractivity contribution in [1.82, 2.24) is 10.2 Å². The first-order valence-electron chi connectivity index (χ1n) is 6.37. The summed E-state index contributed by atoms with van der Waals surface area (Å²) >= 11 is 0. The Kier molecular flexibility index (Phi) is 3.82. The third-order valence-electron chi connectivity index (χ3n) is 3.86. The van der Waals surface area contributed by atoms with Crippen LogP contribution >= 0.6 is 0 Å². The summed E-state index contributed by atoms with van der Waals surface area (Å²) in [5, 5.41) is 3.60. The fraction of sp³-hybridized carbons (Fsp3) is 1.00. The van der Waals surface area contributed by atoms with Crippen LogP contribution in [0.15, 0.2) is 0 Å². The molecule has 0 aromatic heterocycles. The Morgan fingerprint density at radius 3 is 2.50 bits per heavy atom. The summed E-state index contributed by atoms with van der Waals surface area (Å²) in [6, 6.07) is 1.69. The molecule has 0 amide bonds. The topological polar surface area (TPSA) is 15.3 Å². The zero-order chi connectivity index (χ0) is 9.80. The van der Waals surface area contributed by atoms with Gasteiger partial charge in [-0.25, -0.2) is 0 Å². The van der Waals surface area contributed by atoms with Crippen molar-refractivity contribution in [3.05, 3.63) is 0 Å². The molecule has 0 radical (unpaired) electrons. The highest BCUT2D eigenvalue weighted by atomic mass is 15.2. The second-order valence-corrected chi connectivity index (χ2v) is 4.82. The molecule has 1 N–H and O–H groups in total. The fourth-order valence-corrected chi connectivity index (χ4v) is 3.00. The van der Waals surface area contributed by atoms with Crippen LogP contribution in [-0.4, -0.2) is 36.6 Å². The molecule has 1 atom stereocenters. The van der Waals surface area contributed by atoms with Crippen LogP contribution in [0.25, 0.3) is 0 Å². The number of hydrogen-bond acceptors (Lipinski definition) is 2. The van der Waals surface area contributed by atoms with Crippen molar-refractivity contribution in [2.75, 3.05) is 19.6 Å². The first-order valence-corrected chi connectivity index (χ1v) is 6.37. The van der Waals surface area contributed by atoms with Crippen molar-refractivity contribution < 1.29 is 0 Å². The van der Waals surface area contributed by atoms with Gasteiger partial charge in [0.15, 0.2) is 0 Å². The third-order valence-corrected chi connectivity index (χ3v) is 3.86.